The molecule has 462 valence electrons. The lowest BCUT2D eigenvalue weighted by Crippen LogP contribution is -2.30. The van der Waals surface area contributed by atoms with Crippen LogP contribution in [-0.2, 0) is 62.6 Å². The number of hydrogen-bond donors (Lipinski definition) is 11. The molecule has 0 fully saturated rings. The number of amides is 3. The highest BCUT2D eigenvalue weighted by Gasteiger charge is 2.38. The summed E-state index contributed by atoms with van der Waals surface area (Å²) in [6.07, 6.45) is -0.178. The Morgan fingerprint density at radius 1 is 0.438 bits per heavy atom. The van der Waals surface area contributed by atoms with Gasteiger partial charge in [0, 0.05) is 91.3 Å². The van der Waals surface area contributed by atoms with E-state index in [-0.39, 0.29) is 124 Å². The fourth-order valence-corrected chi connectivity index (χ4v) is 13.8. The summed E-state index contributed by atoms with van der Waals surface area (Å²) >= 11 is 0. The first kappa shape index (κ1) is 64.0. The van der Waals surface area contributed by atoms with Crippen molar-refractivity contribution in [1.82, 2.24) is 21.3 Å². The summed E-state index contributed by atoms with van der Waals surface area (Å²) < 4.78 is 123. The number of carbonyl (C=O) groups is 7. The maximum atomic E-state index is 13.7. The Kier molecular flexibility index (Phi) is 18.4. The molecule has 0 saturated carbocycles. The fraction of sp³-hybridized carbons (Fsp3) is 0.169. The Labute approximate surface area is 509 Å². The van der Waals surface area contributed by atoms with Gasteiger partial charge in [-0.25, -0.2) is 16.8 Å². The van der Waals surface area contributed by atoms with Crippen molar-refractivity contribution in [1.29, 1.82) is 0 Å². The van der Waals surface area contributed by atoms with Gasteiger partial charge in [-0.1, -0.05) is 66.7 Å². The number of benzene rings is 7. The predicted octanol–water partition coefficient (Wildman–Crippen LogP) is 3.62. The third kappa shape index (κ3) is 14.1. The van der Waals surface area contributed by atoms with Gasteiger partial charge in [0.25, 0.3) is 20.2 Å². The average Bonchev–Trinajstić information content (AvgIpc) is 0.746. The van der Waals surface area contributed by atoms with Crippen LogP contribution in [-0.4, -0.2) is 121 Å². The number of ketones is 4. The van der Waals surface area contributed by atoms with Crippen LogP contribution in [0.5, 0.6) is 0 Å². The smallest absolute Gasteiger partial charge is 0.296 e. The van der Waals surface area contributed by atoms with E-state index in [4.69, 9.17) is 17.2 Å². The molecule has 0 heterocycles. The highest BCUT2D eigenvalue weighted by atomic mass is 32.2. The molecule has 30 heteroatoms. The SMILES string of the molecule is NC(=O)c1cc(CNC(=O)CCNCCS(=O)(=O)c2cccc(Nc3cc(S(=O)(=O)O)c(N)c4c3C(=O)c3ccccc3C4=O)c2)cc(CNC(=O)CCNCCS(=O)(=O)c2cccc(Nc3cc(S(=O)(=O)O)c(N)c4c3C(=O)c3ccccc3C4=O)c2)c1. The van der Waals surface area contributed by atoms with E-state index in [1.54, 1.807) is 6.07 Å². The van der Waals surface area contributed by atoms with Gasteiger partial charge in [0.15, 0.2) is 42.8 Å². The van der Waals surface area contributed by atoms with Crippen molar-refractivity contribution in [3.05, 3.63) is 189 Å². The van der Waals surface area contributed by atoms with Gasteiger partial charge in [-0.05, 0) is 71.8 Å². The Hall–Kier alpha value is -9.53. The summed E-state index contributed by atoms with van der Waals surface area (Å²) in [6.45, 7) is -0.179. The van der Waals surface area contributed by atoms with Gasteiger partial charge in [0.2, 0.25) is 17.7 Å². The number of carbonyl (C=O) groups excluding carboxylic acids is 7. The standard InChI is InChI=1S/C59H55N9O17S4/c60-53-45(88(80,81)82)28-43(49-51(53)57(73)41-13-3-1-11-39(41)55(49)71)67-35-7-5-9-37(26-35)86(76,77)21-19-63-17-15-47(69)65-30-32-23-33(25-34(24-32)59(62)75)31-66-48(70)16-18-64-20-22-87(78,79)38-10-6-8-36(27-38)68-44-29-46(89(83,84)85)54(61)52-50(44)56(72)40-12-2-4-14-42(40)58(52)74/h1-14,23-29,63-64,67-68H,15-22,30-31,60-61H2,(H2,62,75)(H,65,69)(H,66,70)(H,80,81,82)(H,83,84,85). The van der Waals surface area contributed by atoms with Crippen molar-refractivity contribution in [2.45, 2.75) is 45.5 Å². The average molecular weight is 1290 g/mol. The molecule has 3 amide bonds. The molecule has 26 nitrogen and oxygen atoms in total. The number of anilines is 6. The van der Waals surface area contributed by atoms with Crippen molar-refractivity contribution >= 4 is 115 Å². The summed E-state index contributed by atoms with van der Waals surface area (Å²) in [5.41, 5.74) is 15.7. The summed E-state index contributed by atoms with van der Waals surface area (Å²) in [7, 11) is -18.0. The van der Waals surface area contributed by atoms with Crippen LogP contribution in [0.25, 0.3) is 0 Å². The lowest BCUT2D eigenvalue weighted by atomic mass is 9.82. The quantitative estimate of drug-likeness (QED) is 0.0221. The van der Waals surface area contributed by atoms with Gasteiger partial charge in [-0.15, -0.1) is 0 Å². The van der Waals surface area contributed by atoms with Crippen molar-refractivity contribution in [2.24, 2.45) is 5.73 Å². The number of nitrogen functional groups attached to an aromatic ring is 2. The normalized spacial score (nSPS) is 13.0. The molecule has 0 aromatic heterocycles. The first-order valence-corrected chi connectivity index (χ1v) is 33.0. The highest BCUT2D eigenvalue weighted by molar-refractivity contribution is 7.91. The predicted molar refractivity (Wildman–Crippen MR) is 325 cm³/mol. The number of fused-ring (bicyclic) bond motifs is 4. The summed E-state index contributed by atoms with van der Waals surface area (Å²) in [4.78, 5) is 90.5. The minimum absolute atomic E-state index is 0.0247. The molecule has 0 radical (unpaired) electrons. The second kappa shape index (κ2) is 25.7. The lowest BCUT2D eigenvalue weighted by Gasteiger charge is -2.23. The molecule has 0 unspecified atom stereocenters. The summed E-state index contributed by atoms with van der Waals surface area (Å²) in [5.74, 6) is -5.37. The molecular weight excluding hydrogens is 1230 g/mol. The molecule has 0 atom stereocenters. The molecule has 2 aliphatic carbocycles. The van der Waals surface area contributed by atoms with Crippen molar-refractivity contribution in [2.75, 3.05) is 59.8 Å². The third-order valence-electron chi connectivity index (χ3n) is 14.4. The van der Waals surface area contributed by atoms with Crippen LogP contribution in [0.2, 0.25) is 0 Å². The van der Waals surface area contributed by atoms with Gasteiger partial charge in [0.05, 0.1) is 66.3 Å². The topological polar surface area (TPSA) is 447 Å². The molecular formula is C59H55N9O17S4. The first-order chi connectivity index (χ1) is 42.0. The largest absolute Gasteiger partial charge is 0.397 e. The lowest BCUT2D eigenvalue weighted by molar-refractivity contribution is -0.121. The number of nitrogens with two attached hydrogens (primary N) is 3. The molecule has 0 saturated heterocycles. The third-order valence-corrected chi connectivity index (χ3v) is 19.6. The minimum Gasteiger partial charge on any atom is -0.397 e. The fourth-order valence-electron chi connectivity index (χ4n) is 10.0. The van der Waals surface area contributed by atoms with Crippen molar-refractivity contribution in [3.63, 3.8) is 0 Å². The number of nitrogens with one attached hydrogen (secondary N) is 6. The highest BCUT2D eigenvalue weighted by Crippen LogP contribution is 2.42. The molecule has 89 heavy (non-hydrogen) atoms. The minimum atomic E-state index is -5.02. The van der Waals surface area contributed by atoms with E-state index in [9.17, 15) is 76.3 Å². The first-order valence-electron chi connectivity index (χ1n) is 26.9. The molecule has 0 aliphatic heterocycles. The van der Waals surface area contributed by atoms with E-state index < -0.39 is 125 Å². The van der Waals surface area contributed by atoms with Gasteiger partial charge in [-0.2, -0.15) is 16.8 Å². The van der Waals surface area contributed by atoms with Gasteiger partial charge in [0.1, 0.15) is 9.79 Å². The van der Waals surface area contributed by atoms with Crippen LogP contribution >= 0.6 is 0 Å². The Balaban J connectivity index is 0.722. The number of primary amides is 1. The molecule has 7 aromatic rings. The Morgan fingerprint density at radius 2 is 0.798 bits per heavy atom. The van der Waals surface area contributed by atoms with Crippen molar-refractivity contribution in [3.8, 4) is 0 Å². The maximum absolute atomic E-state index is 13.7. The van der Waals surface area contributed by atoms with Crippen molar-refractivity contribution < 1.29 is 76.3 Å². The van der Waals surface area contributed by atoms with E-state index in [1.165, 1.54) is 109 Å². The van der Waals surface area contributed by atoms with E-state index >= 15 is 0 Å². The monoisotopic (exact) mass is 1290 g/mol. The van der Waals surface area contributed by atoms with Crippen LogP contribution in [0.1, 0.15) is 98.0 Å². The van der Waals surface area contributed by atoms with Crippen LogP contribution in [0, 0.1) is 0 Å². The van der Waals surface area contributed by atoms with E-state index in [1.807, 2.05) is 0 Å². The number of hydrogen-bond acceptors (Lipinski definition) is 21. The summed E-state index contributed by atoms with van der Waals surface area (Å²) in [5, 5.41) is 16.9. The van der Waals surface area contributed by atoms with Crippen LogP contribution < -0.4 is 49.1 Å². The van der Waals surface area contributed by atoms with E-state index in [0.29, 0.717) is 11.1 Å². The molecule has 14 N–H and O–H groups in total. The van der Waals surface area contributed by atoms with Gasteiger partial charge >= 0.3 is 0 Å². The molecule has 0 spiro atoms. The number of rotatable bonds is 25. The zero-order chi connectivity index (χ0) is 64.3. The number of sulfone groups is 2. The molecule has 0 bridgehead atoms. The summed E-state index contributed by atoms with van der Waals surface area (Å²) in [6, 6.07) is 28.7. The van der Waals surface area contributed by atoms with Crippen LogP contribution in [0.3, 0.4) is 0 Å². The van der Waals surface area contributed by atoms with Crippen LogP contribution in [0.4, 0.5) is 34.1 Å². The van der Waals surface area contributed by atoms with Gasteiger partial charge in [-0.3, -0.25) is 42.7 Å². The zero-order valence-electron chi connectivity index (χ0n) is 46.6. The molecule has 7 aromatic carbocycles. The molecule has 2 aliphatic rings. The van der Waals surface area contributed by atoms with Crippen LogP contribution in [0.15, 0.2) is 147 Å². The van der Waals surface area contributed by atoms with E-state index in [2.05, 4.69) is 31.9 Å². The molecule has 9 rings (SSSR count). The second-order valence-corrected chi connectivity index (χ2v) is 27.4. The Morgan fingerprint density at radius 3 is 1.15 bits per heavy atom. The second-order valence-electron chi connectivity index (χ2n) is 20.4. The van der Waals surface area contributed by atoms with Gasteiger partial charge < -0.3 is 49.1 Å². The maximum Gasteiger partial charge on any atom is 0.296 e. The zero-order valence-corrected chi connectivity index (χ0v) is 49.8. The Bertz CT molecular complexity index is 4350. The van der Waals surface area contributed by atoms with E-state index in [0.717, 1.165) is 12.1 Å².